The molecule has 2 aliphatic rings. The van der Waals surface area contributed by atoms with Crippen LogP contribution in [0.5, 0.6) is 11.5 Å². The summed E-state index contributed by atoms with van der Waals surface area (Å²) in [6.07, 6.45) is 0.775. The molecule has 2 aromatic carbocycles. The number of carbonyl (C=O) groups excluding carboxylic acids is 1. The number of nitrogens with one attached hydrogen (secondary N) is 1. The van der Waals surface area contributed by atoms with Gasteiger partial charge in [0.15, 0.2) is 11.5 Å². The number of ether oxygens (including phenoxy) is 2. The van der Waals surface area contributed by atoms with Crippen molar-refractivity contribution in [3.05, 3.63) is 53.6 Å². The molecule has 0 saturated heterocycles. The van der Waals surface area contributed by atoms with E-state index in [4.69, 9.17) is 9.47 Å². The van der Waals surface area contributed by atoms with Gasteiger partial charge in [0.05, 0.1) is 11.4 Å². The Labute approximate surface area is 151 Å². The zero-order valence-electron chi connectivity index (χ0n) is 14.0. The van der Waals surface area contributed by atoms with Gasteiger partial charge >= 0.3 is 0 Å². The highest BCUT2D eigenvalue weighted by atomic mass is 32.2. The monoisotopic (exact) mass is 374 g/mol. The van der Waals surface area contributed by atoms with Gasteiger partial charge in [0, 0.05) is 19.2 Å². The van der Waals surface area contributed by atoms with E-state index in [-0.39, 0.29) is 24.1 Å². The van der Waals surface area contributed by atoms with Crippen molar-refractivity contribution in [1.82, 2.24) is 9.62 Å². The van der Waals surface area contributed by atoms with E-state index in [2.05, 4.69) is 10.8 Å². The summed E-state index contributed by atoms with van der Waals surface area (Å²) in [7, 11) is -3.81. The normalized spacial score (nSPS) is 15.6. The molecule has 0 atom stereocenters. The molecular formula is C18H18N2O5S. The fourth-order valence-electron chi connectivity index (χ4n) is 3.10. The molecule has 2 heterocycles. The number of sulfonamides is 1. The molecule has 136 valence electrons. The third-order valence-corrected chi connectivity index (χ3v) is 5.95. The summed E-state index contributed by atoms with van der Waals surface area (Å²) in [5, 5.41) is 0. The zero-order valence-corrected chi connectivity index (χ0v) is 14.8. The van der Waals surface area contributed by atoms with E-state index in [0.717, 1.165) is 12.0 Å². The maximum atomic E-state index is 12.4. The number of carbonyl (C=O) groups is 1. The zero-order chi connectivity index (χ0) is 18.1. The van der Waals surface area contributed by atoms with Gasteiger partial charge < -0.3 is 14.4 Å². The number of amides is 1. The molecule has 2 aliphatic heterocycles. The molecule has 0 radical (unpaired) electrons. The molecular weight excluding hydrogens is 356 g/mol. The second kappa shape index (κ2) is 6.62. The van der Waals surface area contributed by atoms with Crippen molar-refractivity contribution in [2.45, 2.75) is 17.9 Å². The van der Waals surface area contributed by atoms with E-state index in [9.17, 15) is 13.2 Å². The Bertz CT molecular complexity index is 958. The Kier molecular flexibility index (Phi) is 4.29. The molecule has 0 fully saturated rings. The first-order chi connectivity index (χ1) is 12.5. The number of fused-ring (bicyclic) bond motifs is 2. The maximum absolute atomic E-state index is 12.4. The molecule has 26 heavy (non-hydrogen) atoms. The van der Waals surface area contributed by atoms with Gasteiger partial charge in [-0.25, -0.2) is 13.1 Å². The van der Waals surface area contributed by atoms with Crippen LogP contribution in [0.3, 0.4) is 0 Å². The van der Waals surface area contributed by atoms with Crippen LogP contribution >= 0.6 is 0 Å². The Balaban J connectivity index is 1.41. The van der Waals surface area contributed by atoms with Gasteiger partial charge in [-0.3, -0.25) is 4.79 Å². The van der Waals surface area contributed by atoms with E-state index in [1.807, 2.05) is 18.2 Å². The first-order valence-electron chi connectivity index (χ1n) is 8.27. The molecule has 7 nitrogen and oxygen atoms in total. The summed E-state index contributed by atoms with van der Waals surface area (Å²) in [5.74, 6) is 0.641. The predicted molar refractivity (Wildman–Crippen MR) is 93.3 cm³/mol. The van der Waals surface area contributed by atoms with E-state index in [1.54, 1.807) is 11.0 Å². The van der Waals surface area contributed by atoms with Crippen LogP contribution in [-0.2, 0) is 27.8 Å². The fraction of sp³-hybridized carbons (Fsp3) is 0.278. The summed E-state index contributed by atoms with van der Waals surface area (Å²) in [4.78, 5) is 14.1. The van der Waals surface area contributed by atoms with Gasteiger partial charge in [0.1, 0.15) is 0 Å². The van der Waals surface area contributed by atoms with Gasteiger partial charge in [0.25, 0.3) is 0 Å². The number of rotatable bonds is 4. The SMILES string of the molecule is O=C(CNS(=O)(=O)c1ccc2c(c1)OCO2)N1CCc2ccccc2C1. The molecule has 0 spiro atoms. The van der Waals surface area contributed by atoms with Gasteiger partial charge in [0.2, 0.25) is 22.7 Å². The van der Waals surface area contributed by atoms with Crippen molar-refractivity contribution in [2.24, 2.45) is 0 Å². The highest BCUT2D eigenvalue weighted by Gasteiger charge is 2.24. The standard InChI is InChI=1S/C18H18N2O5S/c21-18(20-8-7-13-3-1-2-4-14(13)11-20)10-19-26(22,23)15-5-6-16-17(9-15)25-12-24-16/h1-6,9,19H,7-8,10-12H2. The van der Waals surface area contributed by atoms with Gasteiger partial charge in [-0.05, 0) is 29.7 Å². The summed E-state index contributed by atoms with van der Waals surface area (Å²) in [6, 6.07) is 12.3. The molecule has 0 aromatic heterocycles. The Hall–Kier alpha value is -2.58. The lowest BCUT2D eigenvalue weighted by molar-refractivity contribution is -0.130. The molecule has 1 N–H and O–H groups in total. The molecule has 0 saturated carbocycles. The van der Waals surface area contributed by atoms with Gasteiger partial charge in [-0.15, -0.1) is 0 Å². The van der Waals surface area contributed by atoms with Crippen molar-refractivity contribution in [3.8, 4) is 11.5 Å². The first-order valence-corrected chi connectivity index (χ1v) is 9.75. The Morgan fingerprint density at radius 3 is 2.69 bits per heavy atom. The van der Waals surface area contributed by atoms with Crippen molar-refractivity contribution >= 4 is 15.9 Å². The third-order valence-electron chi connectivity index (χ3n) is 4.55. The molecule has 0 aliphatic carbocycles. The molecule has 8 heteroatoms. The third kappa shape index (κ3) is 3.25. The lowest BCUT2D eigenvalue weighted by Gasteiger charge is -2.29. The minimum Gasteiger partial charge on any atom is -0.454 e. The van der Waals surface area contributed by atoms with Crippen LogP contribution in [0.4, 0.5) is 0 Å². The van der Waals surface area contributed by atoms with E-state index >= 15 is 0 Å². The number of hydrogen-bond acceptors (Lipinski definition) is 5. The lowest BCUT2D eigenvalue weighted by atomic mass is 10.00. The average Bonchev–Trinajstić information content (AvgIpc) is 3.13. The quantitative estimate of drug-likeness (QED) is 0.871. The summed E-state index contributed by atoms with van der Waals surface area (Å²) >= 11 is 0. The predicted octanol–water partition coefficient (Wildman–Crippen LogP) is 1.28. The van der Waals surface area contributed by atoms with Gasteiger partial charge in [-0.1, -0.05) is 24.3 Å². The van der Waals surface area contributed by atoms with Crippen molar-refractivity contribution in [3.63, 3.8) is 0 Å². The number of benzene rings is 2. The number of nitrogens with zero attached hydrogens (tertiary/aromatic N) is 1. The van der Waals surface area contributed by atoms with Crippen molar-refractivity contribution < 1.29 is 22.7 Å². The summed E-state index contributed by atoms with van der Waals surface area (Å²) in [6.45, 7) is 0.877. The molecule has 1 amide bonds. The molecule has 0 unspecified atom stereocenters. The Morgan fingerprint density at radius 2 is 1.85 bits per heavy atom. The summed E-state index contributed by atoms with van der Waals surface area (Å²) in [5.41, 5.74) is 2.34. The fourth-order valence-corrected chi connectivity index (χ4v) is 4.09. The van der Waals surface area contributed by atoms with Crippen molar-refractivity contribution in [2.75, 3.05) is 19.9 Å². The maximum Gasteiger partial charge on any atom is 0.241 e. The highest BCUT2D eigenvalue weighted by Crippen LogP contribution is 2.33. The Morgan fingerprint density at radius 1 is 1.08 bits per heavy atom. The smallest absolute Gasteiger partial charge is 0.241 e. The summed E-state index contributed by atoms with van der Waals surface area (Å²) < 4.78 is 37.6. The second-order valence-corrected chi connectivity index (χ2v) is 7.94. The van der Waals surface area contributed by atoms with Crippen LogP contribution in [0.2, 0.25) is 0 Å². The van der Waals surface area contributed by atoms with Crippen LogP contribution < -0.4 is 14.2 Å². The lowest BCUT2D eigenvalue weighted by Crippen LogP contribution is -2.42. The molecule has 0 bridgehead atoms. The largest absolute Gasteiger partial charge is 0.454 e. The van der Waals surface area contributed by atoms with Crippen LogP contribution in [0.1, 0.15) is 11.1 Å². The van der Waals surface area contributed by atoms with Crippen LogP contribution in [-0.4, -0.2) is 39.1 Å². The van der Waals surface area contributed by atoms with E-state index in [1.165, 1.54) is 17.7 Å². The van der Waals surface area contributed by atoms with E-state index in [0.29, 0.717) is 24.6 Å². The second-order valence-electron chi connectivity index (χ2n) is 6.17. The average molecular weight is 374 g/mol. The highest BCUT2D eigenvalue weighted by molar-refractivity contribution is 7.89. The minimum absolute atomic E-state index is 0.0403. The van der Waals surface area contributed by atoms with Crippen LogP contribution in [0.15, 0.2) is 47.4 Å². The molecule has 4 rings (SSSR count). The topological polar surface area (TPSA) is 84.9 Å². The van der Waals surface area contributed by atoms with Gasteiger partial charge in [-0.2, -0.15) is 0 Å². The number of hydrogen-bond donors (Lipinski definition) is 1. The van der Waals surface area contributed by atoms with Crippen LogP contribution in [0, 0.1) is 0 Å². The first kappa shape index (κ1) is 16.9. The van der Waals surface area contributed by atoms with E-state index < -0.39 is 10.0 Å². The van der Waals surface area contributed by atoms with Crippen LogP contribution in [0.25, 0.3) is 0 Å². The minimum atomic E-state index is -3.81. The van der Waals surface area contributed by atoms with Crippen molar-refractivity contribution in [1.29, 1.82) is 0 Å². The molecule has 2 aromatic rings.